The van der Waals surface area contributed by atoms with Gasteiger partial charge in [-0.1, -0.05) is 29.4 Å². The zero-order chi connectivity index (χ0) is 16.7. The Morgan fingerprint density at radius 3 is 2.39 bits per heavy atom. The Balaban J connectivity index is 1.89. The monoisotopic (exact) mass is 319 g/mol. The fourth-order valence-electron chi connectivity index (χ4n) is 1.64. The van der Waals surface area contributed by atoms with E-state index in [0.29, 0.717) is 16.7 Å². The first-order valence-electron chi connectivity index (χ1n) is 6.39. The van der Waals surface area contributed by atoms with Gasteiger partial charge >= 0.3 is 6.36 Å². The van der Waals surface area contributed by atoms with Gasteiger partial charge in [-0.2, -0.15) is 5.26 Å². The molecule has 7 heteroatoms. The van der Waals surface area contributed by atoms with Crippen molar-refractivity contribution in [3.8, 4) is 11.8 Å². The van der Waals surface area contributed by atoms with E-state index in [-0.39, 0.29) is 12.4 Å². The summed E-state index contributed by atoms with van der Waals surface area (Å²) in [6.07, 6.45) is -2.13. The number of rotatable bonds is 5. The smallest absolute Gasteiger partial charge is 0.406 e. The Morgan fingerprint density at radius 2 is 1.74 bits per heavy atom. The van der Waals surface area contributed by atoms with Crippen molar-refractivity contribution >= 4 is 6.21 Å². The summed E-state index contributed by atoms with van der Waals surface area (Å²) in [5.41, 5.74) is 1.59. The molecule has 0 aromatic heterocycles. The molecule has 4 nitrogen and oxygen atoms in total. The second-order valence-corrected chi connectivity index (χ2v) is 4.36. The fourth-order valence-corrected chi connectivity index (χ4v) is 1.64. The molecule has 0 aliphatic heterocycles. The Bertz CT molecular complexity index is 719. The van der Waals surface area contributed by atoms with Gasteiger partial charge in [-0.15, -0.1) is 13.2 Å². The van der Waals surface area contributed by atoms with E-state index in [1.807, 2.05) is 6.07 Å². The van der Waals surface area contributed by atoms with Crippen molar-refractivity contribution in [2.45, 2.75) is 13.0 Å². The number of alkyl halides is 3. The van der Waals surface area contributed by atoms with Crippen molar-refractivity contribution in [3.05, 3.63) is 65.2 Å². The number of ether oxygens (including phenoxy) is 1. The molecule has 0 aliphatic rings. The predicted molar refractivity (Wildman–Crippen MR) is 75.6 cm³/mol. The Kier molecular flexibility index (Phi) is 5.20. The van der Waals surface area contributed by atoms with Gasteiger partial charge in [-0.05, 0) is 29.8 Å². The summed E-state index contributed by atoms with van der Waals surface area (Å²) in [5.74, 6) is -0.321. The molecule has 2 aromatic rings. The molecule has 0 atom stereocenters. The average Bonchev–Trinajstić information content (AvgIpc) is 2.51. The Morgan fingerprint density at radius 1 is 1.04 bits per heavy atom. The molecule has 0 saturated heterocycles. The predicted octanol–water partition coefficient (Wildman–Crippen LogP) is 3.88. The van der Waals surface area contributed by atoms with E-state index in [9.17, 15) is 13.2 Å². The second kappa shape index (κ2) is 7.31. The van der Waals surface area contributed by atoms with E-state index in [1.165, 1.54) is 18.2 Å². The van der Waals surface area contributed by atoms with Crippen LogP contribution in [-0.2, 0) is 11.4 Å². The van der Waals surface area contributed by atoms with E-state index < -0.39 is 6.36 Å². The van der Waals surface area contributed by atoms with Gasteiger partial charge in [0.2, 0.25) is 0 Å². The lowest BCUT2D eigenvalue weighted by Gasteiger charge is -2.09. The van der Waals surface area contributed by atoms with Crippen LogP contribution in [0.4, 0.5) is 13.2 Å². The van der Waals surface area contributed by atoms with Crippen molar-refractivity contribution in [3.63, 3.8) is 0 Å². The van der Waals surface area contributed by atoms with Crippen LogP contribution in [0.5, 0.6) is 5.75 Å². The number of halogens is 3. The van der Waals surface area contributed by atoms with Crippen molar-refractivity contribution in [2.75, 3.05) is 0 Å². The second-order valence-electron chi connectivity index (χ2n) is 4.36. The van der Waals surface area contributed by atoms with Gasteiger partial charge in [-0.25, -0.2) is 0 Å². The molecule has 2 rings (SSSR count). The Hall–Kier alpha value is -3.01. The van der Waals surface area contributed by atoms with Crippen LogP contribution in [0.2, 0.25) is 0 Å². The molecular weight excluding hydrogens is 309 g/mol. The average molecular weight is 319 g/mol. The summed E-state index contributed by atoms with van der Waals surface area (Å²) in [6.45, 7) is -0.0294. The van der Waals surface area contributed by atoms with Gasteiger partial charge in [0.25, 0.3) is 0 Å². The molecule has 0 fully saturated rings. The number of hydrogen-bond donors (Lipinski definition) is 0. The molecule has 0 aliphatic carbocycles. The molecule has 1 radical (unpaired) electrons. The van der Waals surface area contributed by atoms with Crippen molar-refractivity contribution in [2.24, 2.45) is 5.16 Å². The first kappa shape index (κ1) is 16.4. The van der Waals surface area contributed by atoms with Crippen LogP contribution >= 0.6 is 0 Å². The SMILES string of the molecule is N#Cc1ccc(/[C]=N\OCc2cccc(OC(F)(F)F)c2)cc1. The summed E-state index contributed by atoms with van der Waals surface area (Å²) in [6, 6.07) is 13.9. The third-order valence-corrected chi connectivity index (χ3v) is 2.62. The highest BCUT2D eigenvalue weighted by atomic mass is 19.4. The highest BCUT2D eigenvalue weighted by Gasteiger charge is 2.31. The highest BCUT2D eigenvalue weighted by molar-refractivity contribution is 5.79. The molecule has 0 bridgehead atoms. The maximum absolute atomic E-state index is 12.1. The third kappa shape index (κ3) is 5.71. The van der Waals surface area contributed by atoms with E-state index >= 15 is 0 Å². The summed E-state index contributed by atoms with van der Waals surface area (Å²) in [7, 11) is 0. The van der Waals surface area contributed by atoms with Gasteiger partial charge < -0.3 is 9.57 Å². The van der Waals surface area contributed by atoms with Crippen LogP contribution in [0.25, 0.3) is 0 Å². The van der Waals surface area contributed by atoms with Crippen molar-refractivity contribution in [1.29, 1.82) is 5.26 Å². The van der Waals surface area contributed by atoms with Crippen LogP contribution in [-0.4, -0.2) is 12.6 Å². The van der Waals surface area contributed by atoms with Crippen LogP contribution in [0, 0.1) is 11.3 Å². The molecule has 0 spiro atoms. The number of hydrogen-bond acceptors (Lipinski definition) is 4. The van der Waals surface area contributed by atoms with Gasteiger partial charge in [0, 0.05) is 5.56 Å². The van der Waals surface area contributed by atoms with E-state index in [1.54, 1.807) is 30.3 Å². The normalized spacial score (nSPS) is 11.2. The topological polar surface area (TPSA) is 54.6 Å². The maximum atomic E-state index is 12.1. The van der Waals surface area contributed by atoms with Gasteiger partial charge in [0.15, 0.2) is 0 Å². The van der Waals surface area contributed by atoms with Crippen LogP contribution < -0.4 is 4.74 Å². The van der Waals surface area contributed by atoms with E-state index in [0.717, 1.165) is 0 Å². The minimum absolute atomic E-state index is 0.0294. The number of benzene rings is 2. The summed E-state index contributed by atoms with van der Waals surface area (Å²) in [5, 5.41) is 12.3. The molecule has 0 saturated carbocycles. The standard InChI is InChI=1S/C16H10F3N2O2/c17-16(18,19)23-15-3-1-2-14(8-15)11-22-21-10-13-6-4-12(9-20)5-7-13/h1-8H,11H2. The molecule has 0 amide bonds. The molecular formula is C16H10F3N2O2. The van der Waals surface area contributed by atoms with Gasteiger partial charge in [0.05, 0.1) is 11.6 Å². The maximum Gasteiger partial charge on any atom is 0.573 e. The lowest BCUT2D eigenvalue weighted by molar-refractivity contribution is -0.274. The fraction of sp³-hybridized carbons (Fsp3) is 0.125. The molecule has 0 unspecified atom stereocenters. The van der Waals surface area contributed by atoms with Crippen LogP contribution in [0.15, 0.2) is 53.7 Å². The van der Waals surface area contributed by atoms with Crippen molar-refractivity contribution in [1.82, 2.24) is 0 Å². The van der Waals surface area contributed by atoms with Crippen LogP contribution in [0.1, 0.15) is 16.7 Å². The summed E-state index contributed by atoms with van der Waals surface area (Å²) in [4.78, 5) is 4.98. The quantitative estimate of drug-likeness (QED) is 0.621. The minimum atomic E-state index is -4.74. The first-order valence-corrected chi connectivity index (χ1v) is 6.39. The zero-order valence-electron chi connectivity index (χ0n) is 11.7. The lowest BCUT2D eigenvalue weighted by atomic mass is 10.2. The third-order valence-electron chi connectivity index (χ3n) is 2.62. The minimum Gasteiger partial charge on any atom is -0.406 e. The summed E-state index contributed by atoms with van der Waals surface area (Å²) >= 11 is 0. The largest absolute Gasteiger partial charge is 0.573 e. The summed E-state index contributed by atoms with van der Waals surface area (Å²) < 4.78 is 40.2. The van der Waals surface area contributed by atoms with E-state index in [4.69, 9.17) is 10.1 Å². The first-order chi connectivity index (χ1) is 11.0. The molecule has 0 N–H and O–H groups in total. The molecule has 0 heterocycles. The van der Waals surface area contributed by atoms with Gasteiger partial charge in [0.1, 0.15) is 18.6 Å². The van der Waals surface area contributed by atoms with E-state index in [2.05, 4.69) is 16.1 Å². The molecule has 2 aromatic carbocycles. The van der Waals surface area contributed by atoms with Crippen LogP contribution in [0.3, 0.4) is 0 Å². The van der Waals surface area contributed by atoms with Crippen molar-refractivity contribution < 1.29 is 22.7 Å². The number of nitrogens with zero attached hydrogens (tertiary/aromatic N) is 2. The zero-order valence-corrected chi connectivity index (χ0v) is 11.7. The van der Waals surface area contributed by atoms with Gasteiger partial charge in [-0.3, -0.25) is 0 Å². The highest BCUT2D eigenvalue weighted by Crippen LogP contribution is 2.23. The molecule has 23 heavy (non-hydrogen) atoms. The Labute approximate surface area is 130 Å². The molecule has 117 valence electrons. The lowest BCUT2D eigenvalue weighted by Crippen LogP contribution is -2.17. The number of nitriles is 1.